The van der Waals surface area contributed by atoms with E-state index in [2.05, 4.69) is 15.9 Å². The molecule has 4 rings (SSSR count). The SMILES string of the molecule is O=C1C(=Cc2ccco2)SC(=S)N1CN1CCN(c2cccc(Cl)c2)CC1. The average Bonchev–Trinajstić information content (AvgIpc) is 3.27. The maximum absolute atomic E-state index is 12.7. The van der Waals surface area contributed by atoms with Gasteiger partial charge in [0.2, 0.25) is 0 Å². The van der Waals surface area contributed by atoms with Crippen LogP contribution in [-0.2, 0) is 4.79 Å². The zero-order valence-corrected chi connectivity index (χ0v) is 16.9. The van der Waals surface area contributed by atoms with E-state index >= 15 is 0 Å². The Labute approximate surface area is 172 Å². The summed E-state index contributed by atoms with van der Waals surface area (Å²) in [7, 11) is 0. The number of rotatable bonds is 4. The number of amides is 1. The van der Waals surface area contributed by atoms with Gasteiger partial charge < -0.3 is 9.32 Å². The number of nitrogens with zero attached hydrogens (tertiary/aromatic N) is 3. The third kappa shape index (κ3) is 4.21. The molecule has 0 aliphatic carbocycles. The van der Waals surface area contributed by atoms with E-state index in [0.717, 1.165) is 36.9 Å². The normalized spacial score (nSPS) is 20.1. The molecule has 1 amide bonds. The number of piperazine rings is 1. The van der Waals surface area contributed by atoms with Gasteiger partial charge in [0.05, 0.1) is 17.8 Å². The molecule has 5 nitrogen and oxygen atoms in total. The largest absolute Gasteiger partial charge is 0.465 e. The van der Waals surface area contributed by atoms with Crippen molar-refractivity contribution in [2.24, 2.45) is 0 Å². The number of carbonyl (C=O) groups excluding carboxylic acids is 1. The molecular formula is C19H18ClN3O2S2. The van der Waals surface area contributed by atoms with Crippen molar-refractivity contribution in [3.05, 3.63) is 58.3 Å². The van der Waals surface area contributed by atoms with E-state index in [1.807, 2.05) is 24.3 Å². The highest BCUT2D eigenvalue weighted by atomic mass is 35.5. The minimum atomic E-state index is -0.0568. The Bertz CT molecular complexity index is 877. The smallest absolute Gasteiger partial charge is 0.267 e. The van der Waals surface area contributed by atoms with Gasteiger partial charge in [-0.1, -0.05) is 41.6 Å². The molecule has 140 valence electrons. The Kier molecular flexibility index (Phi) is 5.54. The van der Waals surface area contributed by atoms with Gasteiger partial charge in [-0.3, -0.25) is 14.6 Å². The standard InChI is InChI=1S/C19H18ClN3O2S2/c20-14-3-1-4-15(11-14)22-8-6-21(7-9-22)13-23-18(24)17(27-19(23)26)12-16-5-2-10-25-16/h1-5,10-12H,6-9,13H2. The van der Waals surface area contributed by atoms with Crippen molar-refractivity contribution < 1.29 is 9.21 Å². The molecule has 0 bridgehead atoms. The number of carbonyl (C=O) groups is 1. The van der Waals surface area contributed by atoms with Gasteiger partial charge in [-0.2, -0.15) is 0 Å². The molecule has 0 radical (unpaired) electrons. The second kappa shape index (κ2) is 8.06. The number of hydrogen-bond donors (Lipinski definition) is 0. The number of furan rings is 1. The zero-order valence-electron chi connectivity index (χ0n) is 14.5. The molecule has 2 saturated heterocycles. The second-order valence-electron chi connectivity index (χ2n) is 6.35. The molecule has 0 unspecified atom stereocenters. The fourth-order valence-corrected chi connectivity index (χ4v) is 4.55. The minimum Gasteiger partial charge on any atom is -0.465 e. The maximum atomic E-state index is 12.7. The van der Waals surface area contributed by atoms with Crippen molar-refractivity contribution in [2.75, 3.05) is 37.7 Å². The summed E-state index contributed by atoms with van der Waals surface area (Å²) in [5.41, 5.74) is 1.13. The first-order valence-electron chi connectivity index (χ1n) is 8.62. The van der Waals surface area contributed by atoms with Crippen LogP contribution in [-0.4, -0.2) is 52.9 Å². The predicted molar refractivity (Wildman–Crippen MR) is 114 cm³/mol. The lowest BCUT2D eigenvalue weighted by atomic mass is 10.2. The zero-order chi connectivity index (χ0) is 18.8. The molecule has 1 aromatic heterocycles. The van der Waals surface area contributed by atoms with Crippen molar-refractivity contribution in [3.8, 4) is 0 Å². The van der Waals surface area contributed by atoms with E-state index in [-0.39, 0.29) is 5.91 Å². The highest BCUT2D eigenvalue weighted by Crippen LogP contribution is 2.33. The van der Waals surface area contributed by atoms with Crippen molar-refractivity contribution >= 4 is 57.6 Å². The summed E-state index contributed by atoms with van der Waals surface area (Å²) in [5.74, 6) is 0.601. The number of thiocarbonyl (C=S) groups is 1. The fourth-order valence-electron chi connectivity index (χ4n) is 3.14. The van der Waals surface area contributed by atoms with Gasteiger partial charge in [0.15, 0.2) is 0 Å². The maximum Gasteiger partial charge on any atom is 0.267 e. The van der Waals surface area contributed by atoms with Crippen LogP contribution in [0.4, 0.5) is 5.69 Å². The van der Waals surface area contributed by atoms with E-state index in [1.54, 1.807) is 23.3 Å². The monoisotopic (exact) mass is 419 g/mol. The molecule has 2 aliphatic heterocycles. The molecular weight excluding hydrogens is 402 g/mol. The molecule has 1 aromatic carbocycles. The summed E-state index contributed by atoms with van der Waals surface area (Å²) in [6.45, 7) is 4.01. The molecule has 2 aromatic rings. The van der Waals surface area contributed by atoms with Crippen LogP contribution in [0.3, 0.4) is 0 Å². The summed E-state index contributed by atoms with van der Waals surface area (Å²) >= 11 is 12.8. The van der Waals surface area contributed by atoms with Crippen LogP contribution in [0.1, 0.15) is 5.76 Å². The van der Waals surface area contributed by atoms with E-state index < -0.39 is 0 Å². The van der Waals surface area contributed by atoms with E-state index in [9.17, 15) is 4.79 Å². The van der Waals surface area contributed by atoms with Crippen molar-refractivity contribution in [1.29, 1.82) is 0 Å². The summed E-state index contributed by atoms with van der Waals surface area (Å²) in [6, 6.07) is 11.5. The molecule has 2 aliphatic rings. The van der Waals surface area contributed by atoms with Crippen LogP contribution in [0.2, 0.25) is 5.02 Å². The molecule has 8 heteroatoms. The lowest BCUT2D eigenvalue weighted by Gasteiger charge is -2.37. The Morgan fingerprint density at radius 3 is 2.70 bits per heavy atom. The number of halogens is 1. The molecule has 27 heavy (non-hydrogen) atoms. The summed E-state index contributed by atoms with van der Waals surface area (Å²) < 4.78 is 5.89. The Morgan fingerprint density at radius 2 is 2.00 bits per heavy atom. The van der Waals surface area contributed by atoms with E-state index in [4.69, 9.17) is 28.2 Å². The van der Waals surface area contributed by atoms with Gasteiger partial charge in [-0.25, -0.2) is 0 Å². The molecule has 0 atom stereocenters. The Balaban J connectivity index is 1.36. The summed E-state index contributed by atoms with van der Waals surface area (Å²) in [4.78, 5) is 19.5. The number of benzene rings is 1. The van der Waals surface area contributed by atoms with Crippen molar-refractivity contribution in [1.82, 2.24) is 9.80 Å². The van der Waals surface area contributed by atoms with E-state index in [1.165, 1.54) is 11.8 Å². The lowest BCUT2D eigenvalue weighted by molar-refractivity contribution is -0.123. The molecule has 0 spiro atoms. The van der Waals surface area contributed by atoms with Crippen molar-refractivity contribution in [2.45, 2.75) is 0 Å². The highest BCUT2D eigenvalue weighted by Gasteiger charge is 2.34. The highest BCUT2D eigenvalue weighted by molar-refractivity contribution is 8.26. The molecule has 0 N–H and O–H groups in total. The van der Waals surface area contributed by atoms with Gasteiger partial charge in [-0.05, 0) is 30.3 Å². The van der Waals surface area contributed by atoms with Crippen LogP contribution in [0.5, 0.6) is 0 Å². The average molecular weight is 420 g/mol. The number of anilines is 1. The third-order valence-corrected chi connectivity index (χ3v) is 6.19. The first-order chi connectivity index (χ1) is 13.1. The van der Waals surface area contributed by atoms with E-state index in [0.29, 0.717) is 21.7 Å². The third-order valence-electron chi connectivity index (χ3n) is 4.58. The number of hydrogen-bond acceptors (Lipinski definition) is 6. The molecule has 0 saturated carbocycles. The van der Waals surface area contributed by atoms with Crippen LogP contribution in [0.15, 0.2) is 52.0 Å². The van der Waals surface area contributed by atoms with Gasteiger partial charge in [-0.15, -0.1) is 0 Å². The summed E-state index contributed by atoms with van der Waals surface area (Å²) in [6.07, 6.45) is 3.34. The molecule has 3 heterocycles. The Morgan fingerprint density at radius 1 is 1.19 bits per heavy atom. The van der Waals surface area contributed by atoms with Gasteiger partial charge in [0, 0.05) is 43.0 Å². The van der Waals surface area contributed by atoms with Crippen LogP contribution < -0.4 is 4.90 Å². The first kappa shape index (κ1) is 18.6. The van der Waals surface area contributed by atoms with Gasteiger partial charge >= 0.3 is 0 Å². The lowest BCUT2D eigenvalue weighted by Crippen LogP contribution is -2.50. The second-order valence-corrected chi connectivity index (χ2v) is 8.46. The van der Waals surface area contributed by atoms with Crippen molar-refractivity contribution in [3.63, 3.8) is 0 Å². The quantitative estimate of drug-likeness (QED) is 0.552. The van der Waals surface area contributed by atoms with Gasteiger partial charge in [0.25, 0.3) is 5.91 Å². The fraction of sp³-hybridized carbons (Fsp3) is 0.263. The predicted octanol–water partition coefficient (Wildman–Crippen LogP) is 3.91. The molecule has 2 fully saturated rings. The van der Waals surface area contributed by atoms with Crippen LogP contribution in [0.25, 0.3) is 6.08 Å². The minimum absolute atomic E-state index is 0.0568. The van der Waals surface area contributed by atoms with Gasteiger partial charge in [0.1, 0.15) is 10.1 Å². The summed E-state index contributed by atoms with van der Waals surface area (Å²) in [5, 5.41) is 0.746. The van der Waals surface area contributed by atoms with Crippen LogP contribution >= 0.6 is 35.6 Å². The topological polar surface area (TPSA) is 39.9 Å². The first-order valence-corrected chi connectivity index (χ1v) is 10.2. The van der Waals surface area contributed by atoms with Crippen LogP contribution in [0, 0.1) is 0 Å². The Hall–Kier alpha value is -1.80. The number of thioether (sulfide) groups is 1.